The van der Waals surface area contributed by atoms with E-state index < -0.39 is 41.5 Å². The van der Waals surface area contributed by atoms with Crippen molar-refractivity contribution in [2.75, 3.05) is 6.61 Å². The van der Waals surface area contributed by atoms with Crippen molar-refractivity contribution >= 4 is 77.5 Å². The van der Waals surface area contributed by atoms with Crippen LogP contribution < -0.4 is 9.47 Å². The summed E-state index contributed by atoms with van der Waals surface area (Å²) in [4.78, 5) is 37.3. The Bertz CT molecular complexity index is 3040. The van der Waals surface area contributed by atoms with Crippen LogP contribution in [0.15, 0.2) is 95.7 Å². The van der Waals surface area contributed by atoms with Crippen LogP contribution in [0.3, 0.4) is 0 Å². The molecule has 2 unspecified atom stereocenters. The number of thiophene rings is 2. The van der Waals surface area contributed by atoms with E-state index in [2.05, 4.69) is 0 Å². The number of rotatable bonds is 14. The van der Waals surface area contributed by atoms with Gasteiger partial charge in [-0.2, -0.15) is 26.3 Å². The molecule has 0 amide bonds. The summed E-state index contributed by atoms with van der Waals surface area (Å²) < 4.78 is 98.1. The number of thiazole rings is 2. The first-order valence-corrected chi connectivity index (χ1v) is 24.1. The van der Waals surface area contributed by atoms with E-state index in [-0.39, 0.29) is 24.7 Å². The Hall–Kier alpha value is -5.62. The lowest BCUT2D eigenvalue weighted by atomic mass is 10.1. The highest BCUT2D eigenvalue weighted by atomic mass is 32.1. The SMILES string of the molecule is Cc1sc(-c2ccc(C(F)(F)F)cc2)nc1C(C)COc1ccc2c(CC(=O)OC(=O)Cc3csc4cc(OC(C)c5sc(-c6ccc(C(F)(F)F)cc6)nc5C(C)C)ccc34)csc2c1. The van der Waals surface area contributed by atoms with Crippen molar-refractivity contribution in [3.63, 3.8) is 0 Å². The van der Waals surface area contributed by atoms with Gasteiger partial charge in [0.15, 0.2) is 0 Å². The third-order valence-corrected chi connectivity index (χ3v) is 15.1. The van der Waals surface area contributed by atoms with E-state index in [0.29, 0.717) is 44.8 Å². The number of aryl methyl sites for hydroxylation is 1. The molecule has 7 nitrogen and oxygen atoms in total. The van der Waals surface area contributed by atoms with E-state index in [1.165, 1.54) is 69.6 Å². The van der Waals surface area contributed by atoms with Crippen LogP contribution in [-0.4, -0.2) is 28.5 Å². The average molecular weight is 979 g/mol. The minimum Gasteiger partial charge on any atom is -0.493 e. The van der Waals surface area contributed by atoms with E-state index in [1.54, 1.807) is 0 Å². The maximum absolute atomic E-state index is 13.1. The molecule has 0 bridgehead atoms. The number of carbonyl (C=O) groups excluding carboxylic acids is 2. The minimum atomic E-state index is -4.42. The number of nitrogens with zero attached hydrogens (tertiary/aromatic N) is 2. The van der Waals surface area contributed by atoms with Crippen LogP contribution in [0.1, 0.15) is 89.0 Å². The van der Waals surface area contributed by atoms with Gasteiger partial charge in [0.25, 0.3) is 0 Å². The second-order valence-electron chi connectivity index (χ2n) is 16.0. The van der Waals surface area contributed by atoms with Gasteiger partial charge < -0.3 is 14.2 Å². The van der Waals surface area contributed by atoms with E-state index in [1.807, 2.05) is 81.8 Å². The Morgan fingerprint density at radius 3 is 1.64 bits per heavy atom. The number of halogens is 6. The quantitative estimate of drug-likeness (QED) is 0.0609. The van der Waals surface area contributed by atoms with Gasteiger partial charge in [-0.3, -0.25) is 9.59 Å². The smallest absolute Gasteiger partial charge is 0.416 e. The van der Waals surface area contributed by atoms with E-state index >= 15 is 0 Å². The van der Waals surface area contributed by atoms with Crippen LogP contribution in [0, 0.1) is 6.92 Å². The van der Waals surface area contributed by atoms with Gasteiger partial charge in [-0.1, -0.05) is 45.0 Å². The third kappa shape index (κ3) is 10.5. The molecule has 0 aliphatic heterocycles. The molecule has 0 saturated carbocycles. The molecule has 0 saturated heterocycles. The summed E-state index contributed by atoms with van der Waals surface area (Å²) in [6.45, 7) is 10.1. The largest absolute Gasteiger partial charge is 0.493 e. The molecule has 4 aromatic heterocycles. The van der Waals surface area contributed by atoms with Crippen molar-refractivity contribution in [3.8, 4) is 32.6 Å². The molecule has 0 radical (unpaired) electrons. The van der Waals surface area contributed by atoms with E-state index in [0.717, 1.165) is 71.1 Å². The number of hydrogen-bond donors (Lipinski definition) is 0. The van der Waals surface area contributed by atoms with Crippen molar-refractivity contribution < 1.29 is 50.1 Å². The number of fused-ring (bicyclic) bond motifs is 2. The Labute approximate surface area is 391 Å². The summed E-state index contributed by atoms with van der Waals surface area (Å²) in [5, 5.41) is 6.62. The lowest BCUT2D eigenvalue weighted by Crippen LogP contribution is -2.16. The van der Waals surface area contributed by atoms with Crippen molar-refractivity contribution in [2.24, 2.45) is 0 Å². The van der Waals surface area contributed by atoms with Crippen LogP contribution in [-0.2, 0) is 39.5 Å². The fourth-order valence-corrected chi connectivity index (χ4v) is 11.6. The Morgan fingerprint density at radius 1 is 0.636 bits per heavy atom. The first kappa shape index (κ1) is 46.9. The predicted molar refractivity (Wildman–Crippen MR) is 249 cm³/mol. The van der Waals surface area contributed by atoms with Crippen LogP contribution in [0.5, 0.6) is 11.5 Å². The zero-order chi connectivity index (χ0) is 47.1. The molecule has 0 aliphatic rings. The number of carbonyl (C=O) groups is 2. The number of aromatic nitrogens is 2. The molecule has 4 aromatic carbocycles. The molecular weight excluding hydrogens is 939 g/mol. The first-order chi connectivity index (χ1) is 31.3. The lowest BCUT2D eigenvalue weighted by molar-refractivity contribution is -0.158. The molecule has 0 spiro atoms. The second kappa shape index (κ2) is 18.9. The summed E-state index contributed by atoms with van der Waals surface area (Å²) in [5.74, 6) is -0.172. The normalized spacial score (nSPS) is 13.1. The molecule has 8 aromatic rings. The summed E-state index contributed by atoms with van der Waals surface area (Å²) in [7, 11) is 0. The molecule has 17 heteroatoms. The predicted octanol–water partition coefficient (Wildman–Crippen LogP) is 15.0. The maximum Gasteiger partial charge on any atom is 0.416 e. The summed E-state index contributed by atoms with van der Waals surface area (Å²) in [5.41, 5.74) is 2.84. The number of esters is 2. The summed E-state index contributed by atoms with van der Waals surface area (Å²) in [6.07, 6.45) is -9.44. The topological polar surface area (TPSA) is 87.6 Å². The molecule has 342 valence electrons. The molecular formula is C49H40F6N2O5S4. The summed E-state index contributed by atoms with van der Waals surface area (Å²) in [6, 6.07) is 21.1. The Morgan fingerprint density at radius 2 is 1.12 bits per heavy atom. The second-order valence-corrected chi connectivity index (χ2v) is 20.1. The van der Waals surface area contributed by atoms with Gasteiger partial charge in [-0.15, -0.1) is 45.3 Å². The molecule has 66 heavy (non-hydrogen) atoms. The molecule has 0 fully saturated rings. The maximum atomic E-state index is 13.1. The minimum absolute atomic E-state index is 0.0473. The van der Waals surface area contributed by atoms with Crippen LogP contribution in [0.2, 0.25) is 0 Å². The number of hydrogen-bond acceptors (Lipinski definition) is 11. The third-order valence-electron chi connectivity index (χ3n) is 10.8. The van der Waals surface area contributed by atoms with Gasteiger partial charge in [0, 0.05) is 31.3 Å². The monoisotopic (exact) mass is 978 g/mol. The first-order valence-electron chi connectivity index (χ1n) is 20.7. The number of alkyl halides is 6. The van der Waals surface area contributed by atoms with Crippen molar-refractivity contribution in [1.29, 1.82) is 0 Å². The fraction of sp³-hybridized carbons (Fsp3) is 0.265. The summed E-state index contributed by atoms with van der Waals surface area (Å²) >= 11 is 5.68. The van der Waals surface area contributed by atoms with Gasteiger partial charge in [0.2, 0.25) is 0 Å². The highest BCUT2D eigenvalue weighted by Gasteiger charge is 2.31. The van der Waals surface area contributed by atoms with Gasteiger partial charge in [0.05, 0.1) is 46.8 Å². The molecule has 2 atom stereocenters. The molecule has 4 heterocycles. The zero-order valence-corrected chi connectivity index (χ0v) is 39.2. The van der Waals surface area contributed by atoms with Crippen LogP contribution in [0.25, 0.3) is 41.3 Å². The van der Waals surface area contributed by atoms with Crippen LogP contribution in [0.4, 0.5) is 26.3 Å². The fourth-order valence-electron chi connectivity index (χ4n) is 7.40. The molecule has 8 rings (SSSR count). The standard InChI is InChI=1S/C49H40F6N2O5S4/c1-25(2)43-45(66-47(56-43)30-8-12-34(13-9-30)49(53,54)55)27(4)61-36-15-17-38-32(24-64-40(38)21-36)19-42(59)62-41(58)18-31-23-63-39-20-35(14-16-37(31)39)60-22-26(3)44-28(5)65-46(57-44)29-6-10-33(11-7-29)48(50,51)52/h6-17,20-21,23-27H,18-19,22H2,1-5H3. The molecule has 0 N–H and O–H groups in total. The highest BCUT2D eigenvalue weighted by molar-refractivity contribution is 7.17. The Balaban J connectivity index is 0.844. The highest BCUT2D eigenvalue weighted by Crippen LogP contribution is 2.40. The van der Waals surface area contributed by atoms with Gasteiger partial charge in [0.1, 0.15) is 27.6 Å². The van der Waals surface area contributed by atoms with Crippen LogP contribution >= 0.6 is 45.3 Å². The molecule has 0 aliphatic carbocycles. The lowest BCUT2D eigenvalue weighted by Gasteiger charge is -2.16. The number of ether oxygens (including phenoxy) is 3. The average Bonchev–Trinajstić information content (AvgIpc) is 4.08. The van der Waals surface area contributed by atoms with Crippen molar-refractivity contribution in [1.82, 2.24) is 9.97 Å². The van der Waals surface area contributed by atoms with Crippen molar-refractivity contribution in [2.45, 2.75) is 77.8 Å². The van der Waals surface area contributed by atoms with Gasteiger partial charge >= 0.3 is 24.3 Å². The van der Waals surface area contributed by atoms with E-state index in [9.17, 15) is 35.9 Å². The van der Waals surface area contributed by atoms with Crippen molar-refractivity contribution in [3.05, 3.63) is 139 Å². The number of benzene rings is 4. The Kier molecular flexibility index (Phi) is 13.5. The van der Waals surface area contributed by atoms with Gasteiger partial charge in [-0.25, -0.2) is 9.97 Å². The van der Waals surface area contributed by atoms with E-state index in [4.69, 9.17) is 24.2 Å². The zero-order valence-electron chi connectivity index (χ0n) is 35.9. The van der Waals surface area contributed by atoms with Gasteiger partial charge in [-0.05, 0) is 113 Å².